The van der Waals surface area contributed by atoms with Gasteiger partial charge in [0.15, 0.2) is 0 Å². The number of anilines is 2. The van der Waals surface area contributed by atoms with Crippen LogP contribution in [-0.2, 0) is 6.42 Å². The number of pyridine rings is 1. The van der Waals surface area contributed by atoms with Gasteiger partial charge in [0.25, 0.3) is 0 Å². The average Bonchev–Trinajstić information content (AvgIpc) is 3.39. The Morgan fingerprint density at radius 2 is 1.86 bits per heavy atom. The maximum atomic E-state index is 4.68. The molecule has 3 aromatic heterocycles. The van der Waals surface area contributed by atoms with E-state index in [-0.39, 0.29) is 0 Å². The summed E-state index contributed by atoms with van der Waals surface area (Å²) in [6.07, 6.45) is 6.31. The van der Waals surface area contributed by atoms with E-state index in [9.17, 15) is 0 Å². The van der Waals surface area contributed by atoms with E-state index < -0.39 is 0 Å². The number of H-pyrrole nitrogens is 1. The van der Waals surface area contributed by atoms with Crippen LogP contribution in [0, 0.1) is 6.92 Å². The van der Waals surface area contributed by atoms with E-state index >= 15 is 0 Å². The molecule has 1 N–H and O–H groups in total. The van der Waals surface area contributed by atoms with Gasteiger partial charge in [-0.15, -0.1) is 0 Å². The molecule has 6 nitrogen and oxygen atoms in total. The van der Waals surface area contributed by atoms with Gasteiger partial charge in [-0.05, 0) is 54.3 Å². The molecule has 1 aliphatic heterocycles. The predicted molar refractivity (Wildman–Crippen MR) is 114 cm³/mol. The number of nitrogens with one attached hydrogen (secondary N) is 1. The molecular formula is C23H18N6. The summed E-state index contributed by atoms with van der Waals surface area (Å²) in [5, 5.41) is 8.11. The van der Waals surface area contributed by atoms with Gasteiger partial charge in [0.05, 0.1) is 17.2 Å². The molecule has 0 saturated carbocycles. The first kappa shape index (κ1) is 16.2. The SMILES string of the molecule is Cc1ccc2c(c1)N(c1ncnc3ccc(-c4cnc5cn[nH]c5c4)cc13)CC2. The molecule has 1 aliphatic rings. The molecule has 0 amide bonds. The molecule has 0 atom stereocenters. The average molecular weight is 378 g/mol. The van der Waals surface area contributed by atoms with Gasteiger partial charge in [-0.25, -0.2) is 9.97 Å². The molecule has 0 saturated heterocycles. The first-order valence-electron chi connectivity index (χ1n) is 9.67. The molecule has 2 aromatic carbocycles. The molecule has 140 valence electrons. The summed E-state index contributed by atoms with van der Waals surface area (Å²) in [5.74, 6) is 0.955. The standard InChI is InChI=1S/C23H18N6/c1-14-2-3-15-6-7-29(22(15)8-14)23-18-9-16(4-5-19(18)25-13-26-23)17-10-20-21(24-11-17)12-27-28-20/h2-5,8-13H,6-7H2,1H3,(H,27,28). The Morgan fingerprint density at radius 1 is 0.897 bits per heavy atom. The van der Waals surface area contributed by atoms with Crippen LogP contribution in [0.3, 0.4) is 0 Å². The number of aromatic nitrogens is 5. The lowest BCUT2D eigenvalue weighted by Gasteiger charge is -2.20. The number of aryl methyl sites for hydroxylation is 1. The van der Waals surface area contributed by atoms with Crippen molar-refractivity contribution in [2.75, 3.05) is 11.4 Å². The van der Waals surface area contributed by atoms with E-state index in [4.69, 9.17) is 0 Å². The normalized spacial score (nSPS) is 13.3. The third kappa shape index (κ3) is 2.56. The summed E-state index contributed by atoms with van der Waals surface area (Å²) < 4.78 is 0. The van der Waals surface area contributed by atoms with Crippen molar-refractivity contribution >= 4 is 33.4 Å². The fourth-order valence-electron chi connectivity index (χ4n) is 4.14. The van der Waals surface area contributed by atoms with Gasteiger partial charge in [0.1, 0.15) is 17.7 Å². The smallest absolute Gasteiger partial charge is 0.144 e. The number of aromatic amines is 1. The third-order valence-corrected chi connectivity index (χ3v) is 5.63. The van der Waals surface area contributed by atoms with Gasteiger partial charge in [0, 0.05) is 29.4 Å². The lowest BCUT2D eigenvalue weighted by atomic mass is 10.0. The topological polar surface area (TPSA) is 70.6 Å². The summed E-state index contributed by atoms with van der Waals surface area (Å²) in [4.78, 5) is 16.0. The van der Waals surface area contributed by atoms with Crippen LogP contribution in [0.15, 0.2) is 61.2 Å². The van der Waals surface area contributed by atoms with Crippen molar-refractivity contribution in [3.63, 3.8) is 0 Å². The maximum absolute atomic E-state index is 4.68. The van der Waals surface area contributed by atoms with Crippen LogP contribution < -0.4 is 4.90 Å². The highest BCUT2D eigenvalue weighted by Gasteiger charge is 2.23. The second-order valence-electron chi connectivity index (χ2n) is 7.49. The molecule has 0 unspecified atom stereocenters. The van der Waals surface area contributed by atoms with E-state index in [1.807, 2.05) is 6.20 Å². The van der Waals surface area contributed by atoms with Crippen molar-refractivity contribution in [1.29, 1.82) is 0 Å². The van der Waals surface area contributed by atoms with Gasteiger partial charge in [-0.2, -0.15) is 5.10 Å². The van der Waals surface area contributed by atoms with Crippen molar-refractivity contribution < 1.29 is 0 Å². The molecule has 29 heavy (non-hydrogen) atoms. The highest BCUT2D eigenvalue weighted by Crippen LogP contribution is 2.38. The van der Waals surface area contributed by atoms with E-state index in [1.165, 1.54) is 16.8 Å². The van der Waals surface area contributed by atoms with Crippen LogP contribution in [-0.4, -0.2) is 31.7 Å². The lowest BCUT2D eigenvalue weighted by Crippen LogP contribution is -2.15. The van der Waals surface area contributed by atoms with Crippen LogP contribution in [0.1, 0.15) is 11.1 Å². The Hall–Kier alpha value is -3.80. The summed E-state index contributed by atoms with van der Waals surface area (Å²) in [5.41, 5.74) is 8.73. The highest BCUT2D eigenvalue weighted by molar-refractivity contribution is 5.95. The Balaban J connectivity index is 1.52. The highest BCUT2D eigenvalue weighted by atomic mass is 15.2. The molecule has 0 fully saturated rings. The van der Waals surface area contributed by atoms with Crippen molar-refractivity contribution in [2.24, 2.45) is 0 Å². The number of rotatable bonds is 2. The molecular weight excluding hydrogens is 360 g/mol. The van der Waals surface area contributed by atoms with Gasteiger partial charge >= 0.3 is 0 Å². The van der Waals surface area contributed by atoms with E-state index in [2.05, 4.69) is 79.4 Å². The monoisotopic (exact) mass is 378 g/mol. The Labute approximate surface area is 167 Å². The van der Waals surface area contributed by atoms with Gasteiger partial charge in [-0.3, -0.25) is 10.1 Å². The van der Waals surface area contributed by atoms with Crippen molar-refractivity contribution in [3.8, 4) is 11.1 Å². The lowest BCUT2D eigenvalue weighted by molar-refractivity contribution is 0.974. The third-order valence-electron chi connectivity index (χ3n) is 5.63. The molecule has 4 heterocycles. The summed E-state index contributed by atoms with van der Waals surface area (Å²) >= 11 is 0. The van der Waals surface area contributed by atoms with Crippen LogP contribution in [0.4, 0.5) is 11.5 Å². The Bertz CT molecular complexity index is 1390. The summed E-state index contributed by atoms with van der Waals surface area (Å²) in [7, 11) is 0. The number of hydrogen-bond acceptors (Lipinski definition) is 5. The summed E-state index contributed by atoms with van der Waals surface area (Å²) in [6.45, 7) is 3.06. The minimum absolute atomic E-state index is 0.864. The van der Waals surface area contributed by atoms with Gasteiger partial charge < -0.3 is 4.90 Å². The first-order valence-corrected chi connectivity index (χ1v) is 9.67. The minimum Gasteiger partial charge on any atom is -0.325 e. The fourth-order valence-corrected chi connectivity index (χ4v) is 4.14. The number of hydrogen-bond donors (Lipinski definition) is 1. The molecule has 6 rings (SSSR count). The number of benzene rings is 2. The fraction of sp³-hybridized carbons (Fsp3) is 0.130. The second-order valence-corrected chi connectivity index (χ2v) is 7.49. The van der Waals surface area contributed by atoms with Gasteiger partial charge in [0.2, 0.25) is 0 Å². The van der Waals surface area contributed by atoms with E-state index in [1.54, 1.807) is 12.5 Å². The second kappa shape index (κ2) is 6.10. The van der Waals surface area contributed by atoms with Crippen molar-refractivity contribution in [3.05, 3.63) is 72.3 Å². The predicted octanol–water partition coefficient (Wildman–Crippen LogP) is 4.57. The Morgan fingerprint density at radius 3 is 2.83 bits per heavy atom. The molecule has 0 aliphatic carbocycles. The Kier molecular flexibility index (Phi) is 3.41. The zero-order valence-corrected chi connectivity index (χ0v) is 15.9. The molecule has 0 radical (unpaired) electrons. The number of nitrogens with zero attached hydrogens (tertiary/aromatic N) is 5. The van der Waals surface area contributed by atoms with Crippen LogP contribution in [0.25, 0.3) is 33.1 Å². The summed E-state index contributed by atoms with van der Waals surface area (Å²) in [6, 6.07) is 15.0. The van der Waals surface area contributed by atoms with E-state index in [0.717, 1.165) is 51.8 Å². The minimum atomic E-state index is 0.864. The first-order chi connectivity index (χ1) is 14.3. The van der Waals surface area contributed by atoms with Gasteiger partial charge in [-0.1, -0.05) is 18.2 Å². The maximum Gasteiger partial charge on any atom is 0.144 e. The molecule has 0 spiro atoms. The molecule has 5 aromatic rings. The van der Waals surface area contributed by atoms with Crippen molar-refractivity contribution in [2.45, 2.75) is 13.3 Å². The zero-order chi connectivity index (χ0) is 19.4. The van der Waals surface area contributed by atoms with E-state index in [0.29, 0.717) is 0 Å². The quantitative estimate of drug-likeness (QED) is 0.487. The van der Waals surface area contributed by atoms with Crippen molar-refractivity contribution in [1.82, 2.24) is 25.1 Å². The van der Waals surface area contributed by atoms with Crippen LogP contribution >= 0.6 is 0 Å². The molecule has 0 bridgehead atoms. The largest absolute Gasteiger partial charge is 0.325 e. The number of fused-ring (bicyclic) bond motifs is 3. The van der Waals surface area contributed by atoms with Crippen LogP contribution in [0.5, 0.6) is 0 Å². The van der Waals surface area contributed by atoms with Crippen LogP contribution in [0.2, 0.25) is 0 Å². The zero-order valence-electron chi connectivity index (χ0n) is 15.9. The molecule has 6 heteroatoms.